The summed E-state index contributed by atoms with van der Waals surface area (Å²) in [7, 11) is 1.04. The van der Waals surface area contributed by atoms with Gasteiger partial charge in [-0.25, -0.2) is 4.79 Å². The SMILES string of the molecule is COC(=O)[C@]1(OCCOCCOCCN=[N+]=[N-])C[C@H](OC(C)=O)[C@@H](NC(C)=O)[C@H]([C@H](OC(C)=O)[C@@H](COC(C)=O)OC(C)=O)O1. The van der Waals surface area contributed by atoms with E-state index in [1.165, 1.54) is 0 Å². The number of hydrogen-bond donors (Lipinski definition) is 1. The predicted molar refractivity (Wildman–Crippen MR) is 147 cm³/mol. The molecule has 1 saturated heterocycles. The number of methoxy groups -OCH3 is 1. The van der Waals surface area contributed by atoms with Crippen LogP contribution in [0.25, 0.3) is 10.4 Å². The third kappa shape index (κ3) is 14.1. The molecule has 0 radical (unpaired) electrons. The molecule has 6 atom stereocenters. The molecule has 0 aliphatic carbocycles. The molecule has 1 N–H and O–H groups in total. The van der Waals surface area contributed by atoms with E-state index in [1.54, 1.807) is 0 Å². The maximum atomic E-state index is 13.2. The lowest BCUT2D eigenvalue weighted by Crippen LogP contribution is -2.69. The third-order valence-electron chi connectivity index (χ3n) is 5.83. The molecule has 1 fully saturated rings. The molecule has 19 heteroatoms. The average molecular weight is 649 g/mol. The quantitative estimate of drug-likeness (QED) is 0.0478. The fourth-order valence-corrected chi connectivity index (χ4v) is 4.29. The Balaban J connectivity index is 3.47. The van der Waals surface area contributed by atoms with Gasteiger partial charge in [-0.1, -0.05) is 5.11 Å². The number of ether oxygens (including phenoxy) is 9. The van der Waals surface area contributed by atoms with Crippen molar-refractivity contribution >= 4 is 35.8 Å². The van der Waals surface area contributed by atoms with Crippen LogP contribution in [-0.2, 0) is 71.4 Å². The molecule has 1 rings (SSSR count). The molecule has 0 bridgehead atoms. The molecular formula is C26H40N4O15. The van der Waals surface area contributed by atoms with Crippen molar-refractivity contribution in [3.63, 3.8) is 0 Å². The Morgan fingerprint density at radius 2 is 1.53 bits per heavy atom. The average Bonchev–Trinajstić information content (AvgIpc) is 2.95. The molecule has 1 aliphatic heterocycles. The fraction of sp³-hybridized carbons (Fsp3) is 0.769. The predicted octanol–water partition coefficient (Wildman–Crippen LogP) is -0.132. The van der Waals surface area contributed by atoms with Crippen LogP contribution in [0.15, 0.2) is 5.11 Å². The van der Waals surface area contributed by atoms with Crippen LogP contribution in [0.4, 0.5) is 0 Å². The van der Waals surface area contributed by atoms with E-state index in [2.05, 4.69) is 15.3 Å². The van der Waals surface area contributed by atoms with E-state index >= 15 is 0 Å². The van der Waals surface area contributed by atoms with Crippen molar-refractivity contribution in [3.8, 4) is 0 Å². The Morgan fingerprint density at radius 1 is 0.911 bits per heavy atom. The van der Waals surface area contributed by atoms with Gasteiger partial charge in [-0.2, -0.15) is 0 Å². The summed E-state index contributed by atoms with van der Waals surface area (Å²) >= 11 is 0. The van der Waals surface area contributed by atoms with Crippen LogP contribution in [-0.4, -0.2) is 125 Å². The summed E-state index contributed by atoms with van der Waals surface area (Å²) in [5, 5.41) is 5.90. The van der Waals surface area contributed by atoms with Gasteiger partial charge in [0.25, 0.3) is 5.79 Å². The number of carbonyl (C=O) groups is 6. The van der Waals surface area contributed by atoms with Crippen LogP contribution < -0.4 is 5.32 Å². The van der Waals surface area contributed by atoms with Crippen LogP contribution in [0.3, 0.4) is 0 Å². The molecule has 0 saturated carbocycles. The smallest absolute Gasteiger partial charge is 0.366 e. The molecule has 45 heavy (non-hydrogen) atoms. The number of amides is 1. The standard InChI is InChI=1S/C26H40N4O15/c1-15(31)29-22-20(42-17(3)33)13-26(25(36)37-6,41-12-11-39-10-9-38-8-7-28-30-27)45-24(22)23(44-19(5)35)21(43-18(4)34)14-40-16(2)32/h20-24H,7-14H2,1-6H3,(H,29,31)/t20-,21+,22+,23+,24+,26-/m0/s1. The Kier molecular flexibility index (Phi) is 17.4. The fourth-order valence-electron chi connectivity index (χ4n) is 4.29. The number of hydrogen-bond acceptors (Lipinski definition) is 16. The van der Waals surface area contributed by atoms with Gasteiger partial charge in [-0.15, -0.1) is 0 Å². The second kappa shape index (κ2) is 20.1. The molecule has 0 aromatic heterocycles. The van der Waals surface area contributed by atoms with Gasteiger partial charge in [-0.3, -0.25) is 24.0 Å². The Bertz CT molecular complexity index is 1080. The number of rotatable bonds is 19. The minimum Gasteiger partial charge on any atom is -0.465 e. The van der Waals surface area contributed by atoms with Gasteiger partial charge in [0, 0.05) is 46.1 Å². The second-order valence-electron chi connectivity index (χ2n) is 9.46. The molecule has 254 valence electrons. The number of nitrogens with zero attached hydrogens (tertiary/aromatic N) is 3. The summed E-state index contributed by atoms with van der Waals surface area (Å²) in [5.74, 6) is -7.37. The Labute approximate surface area is 259 Å². The Morgan fingerprint density at radius 3 is 2.07 bits per heavy atom. The first-order valence-corrected chi connectivity index (χ1v) is 13.7. The molecule has 1 aliphatic rings. The monoisotopic (exact) mass is 648 g/mol. The molecule has 0 aromatic rings. The highest BCUT2D eigenvalue weighted by Crippen LogP contribution is 2.37. The minimum atomic E-state index is -2.33. The molecule has 1 amide bonds. The maximum Gasteiger partial charge on any atom is 0.366 e. The first-order valence-electron chi connectivity index (χ1n) is 13.7. The van der Waals surface area contributed by atoms with Gasteiger partial charge in [0.05, 0.1) is 52.6 Å². The number of carbonyl (C=O) groups excluding carboxylic acids is 6. The van der Waals surface area contributed by atoms with Gasteiger partial charge < -0.3 is 47.9 Å². The second-order valence-corrected chi connectivity index (χ2v) is 9.46. The lowest BCUT2D eigenvalue weighted by molar-refractivity contribution is -0.315. The van der Waals surface area contributed by atoms with Gasteiger partial charge in [0.1, 0.15) is 18.8 Å². The topological polar surface area (TPSA) is 246 Å². The molecular weight excluding hydrogens is 608 g/mol. The van der Waals surface area contributed by atoms with Crippen molar-refractivity contribution in [3.05, 3.63) is 10.4 Å². The van der Waals surface area contributed by atoms with Crippen LogP contribution in [0.5, 0.6) is 0 Å². The van der Waals surface area contributed by atoms with Crippen molar-refractivity contribution in [2.75, 3.05) is 53.3 Å². The highest BCUT2D eigenvalue weighted by Gasteiger charge is 2.59. The van der Waals surface area contributed by atoms with E-state index in [4.69, 9.17) is 48.2 Å². The van der Waals surface area contributed by atoms with Gasteiger partial charge in [-0.05, 0) is 5.53 Å². The molecule has 1 heterocycles. The normalized spacial score (nSPS) is 22.0. The highest BCUT2D eigenvalue weighted by atomic mass is 16.7. The summed E-state index contributed by atoms with van der Waals surface area (Å²) in [6.45, 7) is 5.04. The molecule has 0 spiro atoms. The zero-order valence-electron chi connectivity index (χ0n) is 26.0. The zero-order chi connectivity index (χ0) is 34.0. The summed E-state index contributed by atoms with van der Waals surface area (Å²) in [5.41, 5.74) is 8.27. The third-order valence-corrected chi connectivity index (χ3v) is 5.83. The first kappa shape index (κ1) is 39.0. The Hall–Kier alpha value is -4.03. The maximum absolute atomic E-state index is 13.2. The first-order chi connectivity index (χ1) is 21.3. The van der Waals surface area contributed by atoms with Gasteiger partial charge in [0.15, 0.2) is 12.2 Å². The largest absolute Gasteiger partial charge is 0.465 e. The molecule has 0 aromatic carbocycles. The number of azide groups is 1. The summed E-state index contributed by atoms with van der Waals surface area (Å²) in [6.07, 6.45) is -6.66. The van der Waals surface area contributed by atoms with Crippen LogP contribution in [0.2, 0.25) is 0 Å². The van der Waals surface area contributed by atoms with Crippen molar-refractivity contribution in [1.82, 2.24) is 5.32 Å². The van der Waals surface area contributed by atoms with E-state index in [1.807, 2.05) is 0 Å². The molecule has 0 unspecified atom stereocenters. The van der Waals surface area contributed by atoms with Crippen LogP contribution in [0, 0.1) is 0 Å². The van der Waals surface area contributed by atoms with E-state index in [9.17, 15) is 28.8 Å². The van der Waals surface area contributed by atoms with Crippen molar-refractivity contribution in [1.29, 1.82) is 0 Å². The zero-order valence-corrected chi connectivity index (χ0v) is 26.0. The van der Waals surface area contributed by atoms with Crippen molar-refractivity contribution < 1.29 is 71.4 Å². The van der Waals surface area contributed by atoms with Gasteiger partial charge in [0.2, 0.25) is 5.91 Å². The summed E-state index contributed by atoms with van der Waals surface area (Å²) < 4.78 is 48.8. The van der Waals surface area contributed by atoms with Gasteiger partial charge >= 0.3 is 29.8 Å². The van der Waals surface area contributed by atoms with Crippen LogP contribution >= 0.6 is 0 Å². The van der Waals surface area contributed by atoms with Crippen molar-refractivity contribution in [2.45, 2.75) is 77.3 Å². The van der Waals surface area contributed by atoms with E-state index in [-0.39, 0.29) is 39.6 Å². The lowest BCUT2D eigenvalue weighted by Gasteiger charge is -2.48. The minimum absolute atomic E-state index is 0.0876. The summed E-state index contributed by atoms with van der Waals surface area (Å²) in [6, 6.07) is -1.31. The number of nitrogens with one attached hydrogen (secondary N) is 1. The highest BCUT2D eigenvalue weighted by molar-refractivity contribution is 5.79. The van der Waals surface area contributed by atoms with Crippen molar-refractivity contribution in [2.24, 2.45) is 5.11 Å². The van der Waals surface area contributed by atoms with E-state index in [0.717, 1.165) is 41.7 Å². The van der Waals surface area contributed by atoms with E-state index in [0.29, 0.717) is 0 Å². The number of esters is 5. The molecule has 19 nitrogen and oxygen atoms in total. The van der Waals surface area contributed by atoms with Crippen LogP contribution in [0.1, 0.15) is 41.0 Å². The van der Waals surface area contributed by atoms with E-state index < -0.39 is 85.0 Å². The lowest BCUT2D eigenvalue weighted by atomic mass is 9.88. The summed E-state index contributed by atoms with van der Waals surface area (Å²) in [4.78, 5) is 76.2.